The fourth-order valence-electron chi connectivity index (χ4n) is 3.56. The van der Waals surface area contributed by atoms with Gasteiger partial charge in [0.15, 0.2) is 11.5 Å². The highest BCUT2D eigenvalue weighted by molar-refractivity contribution is 5.76. The van der Waals surface area contributed by atoms with Gasteiger partial charge < -0.3 is 20.1 Å². The molecule has 3 rings (SSSR count). The zero-order chi connectivity index (χ0) is 20.3. The Morgan fingerprint density at radius 2 is 1.86 bits per heavy atom. The van der Waals surface area contributed by atoms with Crippen LogP contribution in [0.5, 0.6) is 11.5 Å². The lowest BCUT2D eigenvalue weighted by atomic mass is 9.95. The molecule has 0 bridgehead atoms. The van der Waals surface area contributed by atoms with Gasteiger partial charge in [-0.05, 0) is 48.2 Å². The van der Waals surface area contributed by atoms with E-state index in [0.29, 0.717) is 43.7 Å². The van der Waals surface area contributed by atoms with Crippen molar-refractivity contribution in [1.29, 1.82) is 0 Å². The number of benzene rings is 1. The van der Waals surface area contributed by atoms with Crippen molar-refractivity contribution in [2.24, 2.45) is 0 Å². The molecule has 1 saturated carbocycles. The lowest BCUT2D eigenvalue weighted by molar-refractivity contribution is -0.121. The Bertz CT molecular complexity index is 761. The summed E-state index contributed by atoms with van der Waals surface area (Å²) >= 11 is 0. The SMILES string of the molecule is COc1cc(CNCCC(=O)NC2CCCCC2)ccc1OCc1ccncc1. The van der Waals surface area contributed by atoms with Gasteiger partial charge in [0.1, 0.15) is 6.61 Å². The summed E-state index contributed by atoms with van der Waals surface area (Å²) in [6.07, 6.45) is 10.00. The lowest BCUT2D eigenvalue weighted by Gasteiger charge is -2.22. The second-order valence-electron chi connectivity index (χ2n) is 7.46. The fraction of sp³-hybridized carbons (Fsp3) is 0.478. The molecule has 0 saturated heterocycles. The quantitative estimate of drug-likeness (QED) is 0.600. The van der Waals surface area contributed by atoms with Gasteiger partial charge in [-0.3, -0.25) is 9.78 Å². The van der Waals surface area contributed by atoms with E-state index in [9.17, 15) is 4.79 Å². The highest BCUT2D eigenvalue weighted by Crippen LogP contribution is 2.28. The van der Waals surface area contributed by atoms with Crippen molar-refractivity contribution in [1.82, 2.24) is 15.6 Å². The predicted molar refractivity (Wildman–Crippen MR) is 113 cm³/mol. The Kier molecular flexibility index (Phi) is 8.31. The number of rotatable bonds is 10. The zero-order valence-corrected chi connectivity index (χ0v) is 17.2. The smallest absolute Gasteiger partial charge is 0.221 e. The average Bonchev–Trinajstić information content (AvgIpc) is 2.77. The summed E-state index contributed by atoms with van der Waals surface area (Å²) in [7, 11) is 1.64. The van der Waals surface area contributed by atoms with Gasteiger partial charge >= 0.3 is 0 Å². The third kappa shape index (κ3) is 7.06. The molecule has 2 aromatic rings. The van der Waals surface area contributed by atoms with E-state index in [-0.39, 0.29) is 5.91 Å². The summed E-state index contributed by atoms with van der Waals surface area (Å²) in [4.78, 5) is 16.1. The van der Waals surface area contributed by atoms with Crippen LogP contribution in [0.3, 0.4) is 0 Å². The Morgan fingerprint density at radius 1 is 1.07 bits per heavy atom. The molecule has 0 unspecified atom stereocenters. The molecule has 6 heteroatoms. The molecule has 6 nitrogen and oxygen atoms in total. The highest BCUT2D eigenvalue weighted by atomic mass is 16.5. The molecule has 0 atom stereocenters. The molecule has 1 aliphatic carbocycles. The van der Waals surface area contributed by atoms with Crippen molar-refractivity contribution in [3.8, 4) is 11.5 Å². The van der Waals surface area contributed by atoms with Crippen LogP contribution in [0.1, 0.15) is 49.7 Å². The van der Waals surface area contributed by atoms with E-state index in [0.717, 1.165) is 24.0 Å². The number of nitrogens with one attached hydrogen (secondary N) is 2. The van der Waals surface area contributed by atoms with E-state index in [1.54, 1.807) is 19.5 Å². The molecule has 1 aliphatic rings. The second kappa shape index (κ2) is 11.4. The topological polar surface area (TPSA) is 72.5 Å². The van der Waals surface area contributed by atoms with E-state index < -0.39 is 0 Å². The molecule has 156 valence electrons. The van der Waals surface area contributed by atoms with Crippen LogP contribution in [0.4, 0.5) is 0 Å². The molecular formula is C23H31N3O3. The summed E-state index contributed by atoms with van der Waals surface area (Å²) in [6, 6.07) is 10.1. The molecule has 1 fully saturated rings. The number of hydrogen-bond acceptors (Lipinski definition) is 5. The van der Waals surface area contributed by atoms with Gasteiger partial charge in [-0.2, -0.15) is 0 Å². The molecule has 0 aliphatic heterocycles. The maximum Gasteiger partial charge on any atom is 0.221 e. The number of hydrogen-bond donors (Lipinski definition) is 2. The van der Waals surface area contributed by atoms with Crippen molar-refractivity contribution < 1.29 is 14.3 Å². The largest absolute Gasteiger partial charge is 0.493 e. The predicted octanol–water partition coefficient (Wildman–Crippen LogP) is 3.60. The van der Waals surface area contributed by atoms with E-state index in [1.807, 2.05) is 30.3 Å². The third-order valence-corrected chi connectivity index (χ3v) is 5.20. The molecule has 2 N–H and O–H groups in total. The van der Waals surface area contributed by atoms with Crippen molar-refractivity contribution in [2.75, 3.05) is 13.7 Å². The third-order valence-electron chi connectivity index (χ3n) is 5.20. The second-order valence-corrected chi connectivity index (χ2v) is 7.46. The van der Waals surface area contributed by atoms with E-state index in [4.69, 9.17) is 9.47 Å². The number of nitrogens with zero attached hydrogens (tertiary/aromatic N) is 1. The monoisotopic (exact) mass is 397 g/mol. The minimum Gasteiger partial charge on any atom is -0.493 e. The van der Waals surface area contributed by atoms with Gasteiger partial charge in [0, 0.05) is 37.9 Å². The Balaban J connectivity index is 1.40. The van der Waals surface area contributed by atoms with Gasteiger partial charge in [0.2, 0.25) is 5.91 Å². The molecule has 1 amide bonds. The fourth-order valence-corrected chi connectivity index (χ4v) is 3.56. The van der Waals surface area contributed by atoms with E-state index >= 15 is 0 Å². The van der Waals surface area contributed by atoms with Crippen LogP contribution in [-0.2, 0) is 17.9 Å². The van der Waals surface area contributed by atoms with Gasteiger partial charge in [0.25, 0.3) is 0 Å². The van der Waals surface area contributed by atoms with Crippen molar-refractivity contribution >= 4 is 5.91 Å². The van der Waals surface area contributed by atoms with Gasteiger partial charge in [0.05, 0.1) is 7.11 Å². The Labute approximate surface area is 173 Å². The number of ether oxygens (including phenoxy) is 2. The number of carbonyl (C=O) groups excluding carboxylic acids is 1. The summed E-state index contributed by atoms with van der Waals surface area (Å²) in [5.74, 6) is 1.55. The van der Waals surface area contributed by atoms with Crippen LogP contribution in [-0.4, -0.2) is 30.6 Å². The van der Waals surface area contributed by atoms with Crippen LogP contribution >= 0.6 is 0 Å². The zero-order valence-electron chi connectivity index (χ0n) is 17.2. The summed E-state index contributed by atoms with van der Waals surface area (Å²) in [6.45, 7) is 1.80. The number of amides is 1. The first kappa shape index (κ1) is 21.1. The highest BCUT2D eigenvalue weighted by Gasteiger charge is 2.15. The van der Waals surface area contributed by atoms with Crippen LogP contribution < -0.4 is 20.1 Å². The molecule has 1 heterocycles. The van der Waals surface area contributed by atoms with Crippen LogP contribution in [0.2, 0.25) is 0 Å². The summed E-state index contributed by atoms with van der Waals surface area (Å²) in [5.41, 5.74) is 2.14. The number of carbonyl (C=O) groups is 1. The van der Waals surface area contributed by atoms with Gasteiger partial charge in [-0.15, -0.1) is 0 Å². The molecule has 1 aromatic heterocycles. The molecule has 1 aromatic carbocycles. The first-order valence-electron chi connectivity index (χ1n) is 10.4. The number of pyridine rings is 1. The molecule has 0 radical (unpaired) electrons. The lowest BCUT2D eigenvalue weighted by Crippen LogP contribution is -2.37. The molecule has 29 heavy (non-hydrogen) atoms. The minimum atomic E-state index is 0.141. The summed E-state index contributed by atoms with van der Waals surface area (Å²) < 4.78 is 11.3. The van der Waals surface area contributed by atoms with E-state index in [2.05, 4.69) is 15.6 Å². The average molecular weight is 398 g/mol. The van der Waals surface area contributed by atoms with Crippen molar-refractivity contribution in [3.63, 3.8) is 0 Å². The Morgan fingerprint density at radius 3 is 2.62 bits per heavy atom. The van der Waals surface area contributed by atoms with Gasteiger partial charge in [-0.25, -0.2) is 0 Å². The van der Waals surface area contributed by atoms with Crippen LogP contribution in [0.25, 0.3) is 0 Å². The first-order chi connectivity index (χ1) is 14.2. The molecular weight excluding hydrogens is 366 g/mol. The van der Waals surface area contributed by atoms with Crippen LogP contribution in [0, 0.1) is 0 Å². The normalized spacial score (nSPS) is 14.4. The summed E-state index contributed by atoms with van der Waals surface area (Å²) in [5, 5.41) is 6.49. The molecule has 0 spiro atoms. The first-order valence-corrected chi connectivity index (χ1v) is 10.4. The van der Waals surface area contributed by atoms with Crippen molar-refractivity contribution in [3.05, 3.63) is 53.9 Å². The standard InChI is InChI=1S/C23H31N3O3/c1-28-22-15-19(7-8-21(22)29-17-18-9-12-24-13-10-18)16-25-14-11-23(27)26-20-5-3-2-4-6-20/h7-10,12-13,15,20,25H,2-6,11,14,16-17H2,1H3,(H,26,27). The Hall–Kier alpha value is -2.60. The number of methoxy groups -OCH3 is 1. The van der Waals surface area contributed by atoms with Crippen LogP contribution in [0.15, 0.2) is 42.7 Å². The van der Waals surface area contributed by atoms with Gasteiger partial charge in [-0.1, -0.05) is 25.3 Å². The number of aromatic nitrogens is 1. The maximum absolute atomic E-state index is 12.1. The van der Waals surface area contributed by atoms with E-state index in [1.165, 1.54) is 19.3 Å². The maximum atomic E-state index is 12.1. The minimum absolute atomic E-state index is 0.141. The van der Waals surface area contributed by atoms with Crippen molar-refractivity contribution in [2.45, 2.75) is 57.7 Å².